The molecule has 0 fully saturated rings. The van der Waals surface area contributed by atoms with Crippen LogP contribution in [0.15, 0.2) is 28.6 Å². The smallest absolute Gasteiger partial charge is 0.233 e. The minimum atomic E-state index is -0.460. The van der Waals surface area contributed by atoms with Gasteiger partial charge in [-0.1, -0.05) is 37.2 Å². The number of amides is 1. The molecule has 2 aromatic rings. The molecule has 114 valence electrons. The van der Waals surface area contributed by atoms with E-state index in [0.29, 0.717) is 13.0 Å². The summed E-state index contributed by atoms with van der Waals surface area (Å²) in [5.74, 6) is -0.0607. The summed E-state index contributed by atoms with van der Waals surface area (Å²) in [5.41, 5.74) is 0.968. The van der Waals surface area contributed by atoms with Crippen molar-refractivity contribution in [2.75, 3.05) is 6.54 Å². The third-order valence-corrected chi connectivity index (χ3v) is 5.29. The number of hydrogen-bond donors (Lipinski definition) is 2. The van der Waals surface area contributed by atoms with Crippen molar-refractivity contribution in [3.05, 3.63) is 24.3 Å². The highest BCUT2D eigenvalue weighted by Gasteiger charge is 2.17. The van der Waals surface area contributed by atoms with Gasteiger partial charge < -0.3 is 10.4 Å². The Balaban J connectivity index is 1.88. The van der Waals surface area contributed by atoms with Gasteiger partial charge in [-0.25, -0.2) is 4.98 Å². The summed E-state index contributed by atoms with van der Waals surface area (Å²) < 4.78 is 2.03. The monoisotopic (exact) mass is 324 g/mol. The van der Waals surface area contributed by atoms with Gasteiger partial charge >= 0.3 is 0 Å². The number of nitrogens with zero attached hydrogens (tertiary/aromatic N) is 1. The first-order valence-corrected chi connectivity index (χ1v) is 8.77. The first-order valence-electron chi connectivity index (χ1n) is 7.08. The molecule has 2 unspecified atom stereocenters. The Bertz CT molecular complexity index is 567. The van der Waals surface area contributed by atoms with Crippen molar-refractivity contribution < 1.29 is 9.90 Å². The largest absolute Gasteiger partial charge is 0.391 e. The zero-order chi connectivity index (χ0) is 15.2. The first-order chi connectivity index (χ1) is 10.1. The summed E-state index contributed by atoms with van der Waals surface area (Å²) in [5, 5.41) is 12.2. The van der Waals surface area contributed by atoms with E-state index in [0.717, 1.165) is 21.0 Å². The Morgan fingerprint density at radius 2 is 2.24 bits per heavy atom. The van der Waals surface area contributed by atoms with Crippen LogP contribution >= 0.6 is 23.1 Å². The van der Waals surface area contributed by atoms with E-state index in [9.17, 15) is 9.90 Å². The molecule has 0 aliphatic heterocycles. The average molecular weight is 324 g/mol. The molecule has 1 aromatic carbocycles. The molecule has 21 heavy (non-hydrogen) atoms. The predicted molar refractivity (Wildman–Crippen MR) is 88.9 cm³/mol. The minimum Gasteiger partial charge on any atom is -0.391 e. The first kappa shape index (κ1) is 16.3. The number of nitrogens with one attached hydrogen (secondary N) is 1. The van der Waals surface area contributed by atoms with Crippen molar-refractivity contribution in [1.29, 1.82) is 0 Å². The molecule has 0 aliphatic rings. The quantitative estimate of drug-likeness (QED) is 0.769. The Morgan fingerprint density at radius 3 is 2.95 bits per heavy atom. The number of para-hydroxylation sites is 1. The van der Waals surface area contributed by atoms with Crippen LogP contribution in [-0.2, 0) is 4.79 Å². The summed E-state index contributed by atoms with van der Waals surface area (Å²) in [6.45, 7) is 4.19. The summed E-state index contributed by atoms with van der Waals surface area (Å²) in [7, 11) is 0. The van der Waals surface area contributed by atoms with Crippen LogP contribution < -0.4 is 5.32 Å². The summed E-state index contributed by atoms with van der Waals surface area (Å²) in [6.07, 6.45) is 1.16. The number of fused-ring (bicyclic) bond motifs is 1. The lowest BCUT2D eigenvalue weighted by Crippen LogP contribution is -2.36. The third-order valence-electron chi connectivity index (χ3n) is 3.05. The lowest BCUT2D eigenvalue weighted by atomic mass is 10.2. The number of aromatic nitrogens is 1. The molecule has 2 N–H and O–H groups in total. The molecule has 0 radical (unpaired) electrons. The molecular formula is C15H20N2O2S2. The highest BCUT2D eigenvalue weighted by atomic mass is 32.2. The van der Waals surface area contributed by atoms with E-state index in [4.69, 9.17) is 0 Å². The number of carbonyl (C=O) groups is 1. The van der Waals surface area contributed by atoms with Crippen LogP contribution in [0.4, 0.5) is 0 Å². The highest BCUT2D eigenvalue weighted by molar-refractivity contribution is 8.02. The fourth-order valence-corrected chi connectivity index (χ4v) is 4.14. The molecule has 2 rings (SSSR count). The van der Waals surface area contributed by atoms with Crippen LogP contribution in [0.2, 0.25) is 0 Å². The van der Waals surface area contributed by atoms with E-state index >= 15 is 0 Å². The zero-order valence-corrected chi connectivity index (χ0v) is 13.8. The van der Waals surface area contributed by atoms with E-state index < -0.39 is 6.10 Å². The van der Waals surface area contributed by atoms with Gasteiger partial charge in [-0.05, 0) is 25.5 Å². The minimum absolute atomic E-state index is 0.0607. The maximum Gasteiger partial charge on any atom is 0.233 e. The van der Waals surface area contributed by atoms with Gasteiger partial charge in [0.1, 0.15) is 0 Å². The summed E-state index contributed by atoms with van der Waals surface area (Å²) in [4.78, 5) is 16.5. The van der Waals surface area contributed by atoms with Crippen molar-refractivity contribution in [3.63, 3.8) is 0 Å². The molecule has 0 saturated carbocycles. The van der Waals surface area contributed by atoms with Crippen molar-refractivity contribution >= 4 is 39.2 Å². The van der Waals surface area contributed by atoms with Crippen LogP contribution in [0.25, 0.3) is 10.2 Å². The Kier molecular flexibility index (Phi) is 6.02. The molecule has 0 saturated heterocycles. The van der Waals surface area contributed by atoms with E-state index in [1.807, 2.05) is 38.1 Å². The number of hydrogen-bond acceptors (Lipinski definition) is 5. The Labute approximate surface area is 133 Å². The van der Waals surface area contributed by atoms with Crippen LogP contribution in [0.1, 0.15) is 26.7 Å². The average Bonchev–Trinajstić information content (AvgIpc) is 2.87. The highest BCUT2D eigenvalue weighted by Crippen LogP contribution is 2.31. The standard InChI is InChI=1S/C15H20N2O2S2/c1-3-6-11(18)9-16-14(19)10(2)20-15-17-12-7-4-5-8-13(12)21-15/h4-5,7-8,10-11,18H,3,6,9H2,1-2H3,(H,16,19). The van der Waals surface area contributed by atoms with Crippen LogP contribution in [0.5, 0.6) is 0 Å². The lowest BCUT2D eigenvalue weighted by Gasteiger charge is -2.13. The van der Waals surface area contributed by atoms with Crippen LogP contribution in [-0.4, -0.2) is 33.9 Å². The number of carbonyl (C=O) groups excluding carboxylic acids is 1. The van der Waals surface area contributed by atoms with Crippen LogP contribution in [0.3, 0.4) is 0 Å². The Morgan fingerprint density at radius 1 is 1.48 bits per heavy atom. The normalized spacial score (nSPS) is 14.0. The molecule has 2 atom stereocenters. The second-order valence-electron chi connectivity index (χ2n) is 4.90. The fraction of sp³-hybridized carbons (Fsp3) is 0.467. The van der Waals surface area contributed by atoms with Gasteiger partial charge in [0.25, 0.3) is 0 Å². The molecule has 1 heterocycles. The number of aliphatic hydroxyl groups excluding tert-OH is 1. The topological polar surface area (TPSA) is 62.2 Å². The van der Waals surface area contributed by atoms with Crippen molar-refractivity contribution in [2.45, 2.75) is 42.4 Å². The van der Waals surface area contributed by atoms with Gasteiger partial charge in [-0.15, -0.1) is 11.3 Å². The van der Waals surface area contributed by atoms with Gasteiger partial charge in [0.2, 0.25) is 5.91 Å². The molecular weight excluding hydrogens is 304 g/mol. The third kappa shape index (κ3) is 4.69. The summed E-state index contributed by atoms with van der Waals surface area (Å²) in [6, 6.07) is 7.95. The predicted octanol–water partition coefficient (Wildman–Crippen LogP) is 3.05. The van der Waals surface area contributed by atoms with Gasteiger partial charge in [-0.3, -0.25) is 4.79 Å². The lowest BCUT2D eigenvalue weighted by molar-refractivity contribution is -0.120. The number of thioether (sulfide) groups is 1. The Hall–Kier alpha value is -1.11. The molecule has 6 heteroatoms. The van der Waals surface area contributed by atoms with Gasteiger partial charge in [-0.2, -0.15) is 0 Å². The number of thiazole rings is 1. The van der Waals surface area contributed by atoms with Gasteiger partial charge in [0.05, 0.1) is 21.6 Å². The second kappa shape index (κ2) is 7.77. The number of rotatable bonds is 7. The van der Waals surface area contributed by atoms with E-state index in [2.05, 4.69) is 10.3 Å². The maximum absolute atomic E-state index is 12.0. The van der Waals surface area contributed by atoms with Crippen molar-refractivity contribution in [1.82, 2.24) is 10.3 Å². The molecule has 0 aliphatic carbocycles. The van der Waals surface area contributed by atoms with Crippen LogP contribution in [0, 0.1) is 0 Å². The van der Waals surface area contributed by atoms with Gasteiger partial charge in [0, 0.05) is 6.54 Å². The maximum atomic E-state index is 12.0. The van der Waals surface area contributed by atoms with E-state index in [1.165, 1.54) is 11.8 Å². The van der Waals surface area contributed by atoms with E-state index in [-0.39, 0.29) is 11.2 Å². The SMILES string of the molecule is CCCC(O)CNC(=O)C(C)Sc1nc2ccccc2s1. The van der Waals surface area contributed by atoms with Crippen molar-refractivity contribution in [3.8, 4) is 0 Å². The summed E-state index contributed by atoms with van der Waals surface area (Å²) >= 11 is 3.05. The second-order valence-corrected chi connectivity index (χ2v) is 7.51. The molecule has 1 aromatic heterocycles. The van der Waals surface area contributed by atoms with Crippen molar-refractivity contribution in [2.24, 2.45) is 0 Å². The number of aliphatic hydroxyl groups is 1. The molecule has 1 amide bonds. The van der Waals surface area contributed by atoms with E-state index in [1.54, 1.807) is 11.3 Å². The molecule has 4 nitrogen and oxygen atoms in total. The molecule has 0 bridgehead atoms. The van der Waals surface area contributed by atoms with Gasteiger partial charge in [0.15, 0.2) is 4.34 Å². The molecule has 0 spiro atoms. The number of benzene rings is 1. The fourth-order valence-electron chi connectivity index (χ4n) is 1.90. The zero-order valence-electron chi connectivity index (χ0n) is 12.2.